The zero-order valence-corrected chi connectivity index (χ0v) is 15.6. The lowest BCUT2D eigenvalue weighted by Gasteiger charge is -2.16. The molecule has 0 spiro atoms. The van der Waals surface area contributed by atoms with Gasteiger partial charge in [0.2, 0.25) is 0 Å². The molecule has 1 aliphatic rings. The van der Waals surface area contributed by atoms with Crippen LogP contribution in [0.5, 0.6) is 0 Å². The van der Waals surface area contributed by atoms with Gasteiger partial charge in [-0.25, -0.2) is 5.43 Å². The molecule has 3 nitrogen and oxygen atoms in total. The topological polar surface area (TPSA) is 41.5 Å². The van der Waals surface area contributed by atoms with Crippen molar-refractivity contribution in [1.82, 2.24) is 5.43 Å². The van der Waals surface area contributed by atoms with Gasteiger partial charge in [0.1, 0.15) is 0 Å². The van der Waals surface area contributed by atoms with Crippen molar-refractivity contribution < 1.29 is 4.79 Å². The molecule has 0 fully saturated rings. The second-order valence-corrected chi connectivity index (χ2v) is 8.11. The van der Waals surface area contributed by atoms with Gasteiger partial charge < -0.3 is 0 Å². The number of amides is 1. The number of fused-ring (bicyclic) bond motifs is 1. The quantitative estimate of drug-likeness (QED) is 0.593. The third-order valence-electron chi connectivity index (χ3n) is 4.12. The van der Waals surface area contributed by atoms with Crippen LogP contribution >= 0.6 is 27.3 Å². The van der Waals surface area contributed by atoms with Crippen LogP contribution in [0.1, 0.15) is 45.9 Å². The fourth-order valence-corrected chi connectivity index (χ4v) is 4.28. The van der Waals surface area contributed by atoms with E-state index in [9.17, 15) is 4.79 Å². The van der Waals surface area contributed by atoms with Gasteiger partial charge in [0.05, 0.1) is 10.6 Å². The second-order valence-electron chi connectivity index (χ2n) is 6.06. The zero-order chi connectivity index (χ0) is 16.4. The summed E-state index contributed by atoms with van der Waals surface area (Å²) in [6, 6.07) is 9.91. The zero-order valence-electron chi connectivity index (χ0n) is 13.2. The third kappa shape index (κ3) is 3.90. The summed E-state index contributed by atoms with van der Waals surface area (Å²) in [4.78, 5) is 14.5. The number of carbonyl (C=O) groups is 1. The van der Waals surface area contributed by atoms with Crippen LogP contribution in [0, 0.1) is 5.92 Å². The number of aryl methyl sites for hydroxylation is 1. The molecule has 1 aromatic heterocycles. The minimum atomic E-state index is -0.119. The highest BCUT2D eigenvalue weighted by molar-refractivity contribution is 9.10. The minimum Gasteiger partial charge on any atom is -0.266 e. The van der Waals surface area contributed by atoms with Crippen LogP contribution in [0.4, 0.5) is 0 Å². The van der Waals surface area contributed by atoms with Crippen molar-refractivity contribution in [2.75, 3.05) is 0 Å². The molecule has 5 heteroatoms. The molecule has 0 bridgehead atoms. The number of benzene rings is 1. The molecule has 1 N–H and O–H groups in total. The molecule has 0 radical (unpaired) electrons. The van der Waals surface area contributed by atoms with E-state index < -0.39 is 0 Å². The SMILES string of the molecule is C/C(=N/NC(=O)c1cc2c(s1)CC[C@@H](C)C2)c1cccc(Br)c1. The van der Waals surface area contributed by atoms with Crippen molar-refractivity contribution in [3.63, 3.8) is 0 Å². The number of nitrogens with one attached hydrogen (secondary N) is 1. The van der Waals surface area contributed by atoms with Gasteiger partial charge in [0, 0.05) is 9.35 Å². The molecule has 0 unspecified atom stereocenters. The predicted molar refractivity (Wildman–Crippen MR) is 99.3 cm³/mol. The van der Waals surface area contributed by atoms with Gasteiger partial charge in [-0.2, -0.15) is 5.10 Å². The van der Waals surface area contributed by atoms with Crippen molar-refractivity contribution in [2.24, 2.45) is 11.0 Å². The Morgan fingerprint density at radius 2 is 2.22 bits per heavy atom. The summed E-state index contributed by atoms with van der Waals surface area (Å²) in [7, 11) is 0. The lowest BCUT2D eigenvalue weighted by atomic mass is 9.90. The van der Waals surface area contributed by atoms with Gasteiger partial charge in [-0.1, -0.05) is 35.0 Å². The maximum Gasteiger partial charge on any atom is 0.281 e. The Balaban J connectivity index is 1.71. The Morgan fingerprint density at radius 1 is 1.39 bits per heavy atom. The van der Waals surface area contributed by atoms with Crippen LogP contribution in [0.15, 0.2) is 39.9 Å². The van der Waals surface area contributed by atoms with Crippen molar-refractivity contribution >= 4 is 38.9 Å². The number of rotatable bonds is 3. The summed E-state index contributed by atoms with van der Waals surface area (Å²) in [5.41, 5.74) is 5.79. The van der Waals surface area contributed by atoms with Gasteiger partial charge in [-0.05, 0) is 61.4 Å². The number of hydrogen-bond acceptors (Lipinski definition) is 3. The van der Waals surface area contributed by atoms with E-state index in [1.807, 2.05) is 37.3 Å². The first-order valence-corrected chi connectivity index (χ1v) is 9.36. The van der Waals surface area contributed by atoms with E-state index in [4.69, 9.17) is 0 Å². The van der Waals surface area contributed by atoms with E-state index >= 15 is 0 Å². The summed E-state index contributed by atoms with van der Waals surface area (Å²) >= 11 is 5.05. The minimum absolute atomic E-state index is 0.119. The molecule has 0 saturated heterocycles. The largest absolute Gasteiger partial charge is 0.281 e. The first kappa shape index (κ1) is 16.4. The Hall–Kier alpha value is -1.46. The van der Waals surface area contributed by atoms with Crippen molar-refractivity contribution in [3.8, 4) is 0 Å². The molecule has 0 aliphatic heterocycles. The smallest absolute Gasteiger partial charge is 0.266 e. The van der Waals surface area contributed by atoms with E-state index in [2.05, 4.69) is 33.4 Å². The Kier molecular flexibility index (Phi) is 4.97. The van der Waals surface area contributed by atoms with Crippen molar-refractivity contribution in [2.45, 2.75) is 33.1 Å². The van der Waals surface area contributed by atoms with Gasteiger partial charge >= 0.3 is 0 Å². The summed E-state index contributed by atoms with van der Waals surface area (Å²) in [5, 5.41) is 4.24. The molecule has 3 rings (SSSR count). The van der Waals surface area contributed by atoms with Crippen LogP contribution in [0.25, 0.3) is 0 Å². The van der Waals surface area contributed by atoms with E-state index in [1.54, 1.807) is 11.3 Å². The predicted octanol–water partition coefficient (Wildman–Crippen LogP) is 4.79. The third-order valence-corrected chi connectivity index (χ3v) is 5.85. The molecule has 1 amide bonds. The van der Waals surface area contributed by atoms with E-state index in [1.165, 1.54) is 16.9 Å². The standard InChI is InChI=1S/C18H19BrN2OS/c1-11-6-7-16-14(8-11)10-17(23-16)18(22)21-20-12(2)13-4-3-5-15(19)9-13/h3-5,9-11H,6-8H2,1-2H3,(H,21,22)/b20-12-/t11-/m1/s1. The number of hydrogen-bond donors (Lipinski definition) is 1. The summed E-state index contributed by atoms with van der Waals surface area (Å²) < 4.78 is 0.996. The number of thiophene rings is 1. The monoisotopic (exact) mass is 390 g/mol. The van der Waals surface area contributed by atoms with Gasteiger partial charge in [0.25, 0.3) is 5.91 Å². The lowest BCUT2D eigenvalue weighted by Crippen LogP contribution is -2.18. The van der Waals surface area contributed by atoms with E-state index in [-0.39, 0.29) is 5.91 Å². The molecule has 1 heterocycles. The van der Waals surface area contributed by atoms with Crippen LogP contribution < -0.4 is 5.43 Å². The fourth-order valence-electron chi connectivity index (χ4n) is 2.79. The van der Waals surface area contributed by atoms with Crippen LogP contribution in [0.2, 0.25) is 0 Å². The first-order chi connectivity index (χ1) is 11.0. The fraction of sp³-hybridized carbons (Fsp3) is 0.333. The van der Waals surface area contributed by atoms with Crippen molar-refractivity contribution in [3.05, 3.63) is 55.7 Å². The highest BCUT2D eigenvalue weighted by Crippen LogP contribution is 2.32. The number of hydrazone groups is 1. The highest BCUT2D eigenvalue weighted by atomic mass is 79.9. The second kappa shape index (κ2) is 6.97. The van der Waals surface area contributed by atoms with Crippen LogP contribution in [-0.4, -0.2) is 11.6 Å². The molecular formula is C18H19BrN2OS. The normalized spacial score (nSPS) is 17.7. The summed E-state index contributed by atoms with van der Waals surface area (Å²) in [6.07, 6.45) is 3.39. The van der Waals surface area contributed by atoms with Gasteiger partial charge in [-0.3, -0.25) is 4.79 Å². The highest BCUT2D eigenvalue weighted by Gasteiger charge is 2.20. The average molecular weight is 391 g/mol. The van der Waals surface area contributed by atoms with Crippen LogP contribution in [0.3, 0.4) is 0 Å². The average Bonchev–Trinajstić information content (AvgIpc) is 2.95. The van der Waals surface area contributed by atoms with Gasteiger partial charge in [-0.15, -0.1) is 11.3 Å². The van der Waals surface area contributed by atoms with Gasteiger partial charge in [0.15, 0.2) is 0 Å². The Labute approximate surface area is 148 Å². The first-order valence-electron chi connectivity index (χ1n) is 7.75. The molecule has 1 atom stereocenters. The van der Waals surface area contributed by atoms with E-state index in [0.717, 1.165) is 33.5 Å². The maximum absolute atomic E-state index is 12.3. The number of halogens is 1. The summed E-state index contributed by atoms with van der Waals surface area (Å²) in [5.74, 6) is 0.594. The lowest BCUT2D eigenvalue weighted by molar-refractivity contribution is 0.0959. The summed E-state index contributed by atoms with van der Waals surface area (Å²) in [6.45, 7) is 4.16. The Morgan fingerprint density at radius 3 is 3.00 bits per heavy atom. The molecule has 120 valence electrons. The molecule has 2 aromatic rings. The molecule has 1 aliphatic carbocycles. The number of nitrogens with zero attached hydrogens (tertiary/aromatic N) is 1. The maximum atomic E-state index is 12.3. The van der Waals surface area contributed by atoms with E-state index in [0.29, 0.717) is 5.92 Å². The molecular weight excluding hydrogens is 372 g/mol. The number of carbonyl (C=O) groups excluding carboxylic acids is 1. The van der Waals surface area contributed by atoms with Crippen LogP contribution in [-0.2, 0) is 12.8 Å². The molecule has 1 aromatic carbocycles. The molecule has 0 saturated carbocycles. The Bertz CT molecular complexity index is 766. The van der Waals surface area contributed by atoms with Crippen molar-refractivity contribution in [1.29, 1.82) is 0 Å². The molecule has 23 heavy (non-hydrogen) atoms.